The van der Waals surface area contributed by atoms with Crippen molar-refractivity contribution in [1.82, 2.24) is 10.3 Å². The summed E-state index contributed by atoms with van der Waals surface area (Å²) in [4.78, 5) is 4.02. The molecule has 0 aromatic carbocycles. The molecule has 3 N–H and O–H groups in total. The van der Waals surface area contributed by atoms with E-state index in [1.54, 1.807) is 6.20 Å². The molecule has 0 saturated carbocycles. The van der Waals surface area contributed by atoms with E-state index >= 15 is 0 Å². The molecule has 0 bridgehead atoms. The van der Waals surface area contributed by atoms with Crippen molar-refractivity contribution in [2.45, 2.75) is 12.5 Å². The van der Waals surface area contributed by atoms with E-state index in [1.807, 2.05) is 12.1 Å². The summed E-state index contributed by atoms with van der Waals surface area (Å²) in [5.74, 6) is 0.657. The third-order valence-electron chi connectivity index (χ3n) is 2.07. The molecule has 1 aromatic rings. The predicted molar refractivity (Wildman–Crippen MR) is 51.3 cm³/mol. The highest BCUT2D eigenvalue weighted by atomic mass is 35.5. The number of halogens is 1. The molecule has 1 aromatic heterocycles. The molecule has 66 valence electrons. The van der Waals surface area contributed by atoms with Gasteiger partial charge in [0, 0.05) is 17.8 Å². The van der Waals surface area contributed by atoms with Crippen molar-refractivity contribution < 1.29 is 0 Å². The lowest BCUT2D eigenvalue weighted by atomic mass is 9.99. The topological polar surface area (TPSA) is 50.9 Å². The van der Waals surface area contributed by atoms with E-state index in [4.69, 9.17) is 5.73 Å². The van der Waals surface area contributed by atoms with Crippen LogP contribution >= 0.6 is 12.4 Å². The van der Waals surface area contributed by atoms with Crippen molar-refractivity contribution in [1.29, 1.82) is 0 Å². The summed E-state index contributed by atoms with van der Waals surface area (Å²) in [6.07, 6.45) is 2.90. The fourth-order valence-electron chi connectivity index (χ4n) is 1.28. The largest absolute Gasteiger partial charge is 0.383 e. The molecule has 2 heterocycles. The summed E-state index contributed by atoms with van der Waals surface area (Å²) in [7, 11) is 0. The molecule has 2 rings (SSSR count). The van der Waals surface area contributed by atoms with E-state index in [1.165, 1.54) is 6.42 Å². The van der Waals surface area contributed by atoms with Crippen LogP contribution in [0.2, 0.25) is 0 Å². The average molecular weight is 186 g/mol. The van der Waals surface area contributed by atoms with E-state index in [9.17, 15) is 0 Å². The summed E-state index contributed by atoms with van der Waals surface area (Å²) < 4.78 is 0. The number of hydrogen-bond donors (Lipinski definition) is 2. The average Bonchev–Trinajstić information content (AvgIpc) is 1.90. The molecule has 3 nitrogen and oxygen atoms in total. The van der Waals surface area contributed by atoms with Gasteiger partial charge in [-0.3, -0.25) is 0 Å². The van der Waals surface area contributed by atoms with Gasteiger partial charge in [0.25, 0.3) is 0 Å². The number of anilines is 1. The molecule has 1 saturated heterocycles. The number of nitrogens with two attached hydrogens (primary N) is 1. The van der Waals surface area contributed by atoms with E-state index in [0.717, 1.165) is 12.1 Å². The van der Waals surface area contributed by atoms with E-state index in [2.05, 4.69) is 10.3 Å². The van der Waals surface area contributed by atoms with Crippen molar-refractivity contribution in [2.24, 2.45) is 0 Å². The Morgan fingerprint density at radius 2 is 2.33 bits per heavy atom. The molecule has 1 atom stereocenters. The first kappa shape index (κ1) is 9.29. The zero-order valence-electron chi connectivity index (χ0n) is 6.66. The first-order chi connectivity index (χ1) is 5.38. The Bertz CT molecular complexity index is 260. The van der Waals surface area contributed by atoms with Gasteiger partial charge in [-0.05, 0) is 19.0 Å². The van der Waals surface area contributed by atoms with Gasteiger partial charge in [0.15, 0.2) is 0 Å². The Morgan fingerprint density at radius 3 is 2.83 bits per heavy atom. The van der Waals surface area contributed by atoms with Crippen LogP contribution in [-0.2, 0) is 0 Å². The van der Waals surface area contributed by atoms with Crippen LogP contribution in [0, 0.1) is 0 Å². The number of nitrogen functional groups attached to an aromatic ring is 1. The Kier molecular flexibility index (Phi) is 2.89. The highest BCUT2D eigenvalue weighted by Gasteiger charge is 2.20. The summed E-state index contributed by atoms with van der Waals surface area (Å²) in [6.45, 7) is 1.10. The highest BCUT2D eigenvalue weighted by Crippen LogP contribution is 2.25. The van der Waals surface area contributed by atoms with Crippen LogP contribution in [0.25, 0.3) is 0 Å². The molecule has 0 amide bonds. The first-order valence-electron chi connectivity index (χ1n) is 3.81. The smallest absolute Gasteiger partial charge is 0.128 e. The molecular weight excluding hydrogens is 174 g/mol. The van der Waals surface area contributed by atoms with Crippen molar-refractivity contribution in [3.05, 3.63) is 23.9 Å². The Labute approximate surface area is 77.8 Å². The predicted octanol–water partition coefficient (Wildman–Crippen LogP) is 1.12. The molecule has 4 heteroatoms. The zero-order chi connectivity index (χ0) is 7.68. The number of hydrogen-bond acceptors (Lipinski definition) is 3. The zero-order valence-corrected chi connectivity index (χ0v) is 7.47. The Balaban J connectivity index is 0.000000720. The first-order valence-corrected chi connectivity index (χ1v) is 3.81. The number of nitrogens with zero attached hydrogens (tertiary/aromatic N) is 1. The number of pyridine rings is 1. The van der Waals surface area contributed by atoms with Gasteiger partial charge in [0.1, 0.15) is 5.82 Å². The Morgan fingerprint density at radius 1 is 1.58 bits per heavy atom. The third kappa shape index (κ3) is 1.52. The lowest BCUT2D eigenvalue weighted by Crippen LogP contribution is -2.35. The molecule has 1 aliphatic rings. The standard InChI is InChI=1S/C8H11N3.ClH/c9-8-6(2-1-4-11-8)7-3-5-10-7;/h1-2,4,7,10H,3,5H2,(H2,9,11);1H/t7-;/m1./s1. The van der Waals surface area contributed by atoms with Crippen LogP contribution in [0.15, 0.2) is 18.3 Å². The lowest BCUT2D eigenvalue weighted by molar-refractivity contribution is 0.383. The van der Waals surface area contributed by atoms with E-state index < -0.39 is 0 Å². The minimum atomic E-state index is 0. The van der Waals surface area contributed by atoms with Gasteiger partial charge >= 0.3 is 0 Å². The number of aromatic nitrogens is 1. The summed E-state index contributed by atoms with van der Waals surface area (Å²) in [5, 5.41) is 3.28. The molecule has 0 aliphatic carbocycles. The molecule has 0 spiro atoms. The van der Waals surface area contributed by atoms with Crippen molar-refractivity contribution >= 4 is 18.2 Å². The second kappa shape index (κ2) is 3.74. The minimum Gasteiger partial charge on any atom is -0.383 e. The Hall–Kier alpha value is -0.800. The van der Waals surface area contributed by atoms with Gasteiger partial charge in [0.2, 0.25) is 0 Å². The summed E-state index contributed by atoms with van der Waals surface area (Å²) in [5.41, 5.74) is 6.82. The lowest BCUT2D eigenvalue weighted by Gasteiger charge is -2.28. The van der Waals surface area contributed by atoms with Crippen LogP contribution in [0.4, 0.5) is 5.82 Å². The normalized spacial score (nSPS) is 20.8. The fourth-order valence-corrected chi connectivity index (χ4v) is 1.28. The quantitative estimate of drug-likeness (QED) is 0.690. The third-order valence-corrected chi connectivity index (χ3v) is 2.07. The van der Waals surface area contributed by atoms with E-state index in [-0.39, 0.29) is 12.4 Å². The monoisotopic (exact) mass is 185 g/mol. The van der Waals surface area contributed by atoms with Gasteiger partial charge in [0.05, 0.1) is 0 Å². The molecule has 0 radical (unpaired) electrons. The van der Waals surface area contributed by atoms with Crippen LogP contribution in [-0.4, -0.2) is 11.5 Å². The maximum absolute atomic E-state index is 5.68. The highest BCUT2D eigenvalue weighted by molar-refractivity contribution is 5.85. The second-order valence-electron chi connectivity index (χ2n) is 2.77. The van der Waals surface area contributed by atoms with Gasteiger partial charge in [-0.1, -0.05) is 6.07 Å². The van der Waals surface area contributed by atoms with Crippen molar-refractivity contribution in [2.75, 3.05) is 12.3 Å². The maximum atomic E-state index is 5.68. The summed E-state index contributed by atoms with van der Waals surface area (Å²) in [6, 6.07) is 4.40. The SMILES string of the molecule is Cl.Nc1ncccc1[C@H]1CCN1. The van der Waals surface area contributed by atoms with Crippen molar-refractivity contribution in [3.63, 3.8) is 0 Å². The van der Waals surface area contributed by atoms with Gasteiger partial charge in [-0.15, -0.1) is 12.4 Å². The second-order valence-corrected chi connectivity index (χ2v) is 2.77. The van der Waals surface area contributed by atoms with Crippen LogP contribution in [0.3, 0.4) is 0 Å². The summed E-state index contributed by atoms with van der Waals surface area (Å²) >= 11 is 0. The van der Waals surface area contributed by atoms with Gasteiger partial charge in [-0.25, -0.2) is 4.98 Å². The van der Waals surface area contributed by atoms with Crippen LogP contribution in [0.1, 0.15) is 18.0 Å². The molecule has 1 aliphatic heterocycles. The van der Waals surface area contributed by atoms with E-state index in [0.29, 0.717) is 11.9 Å². The molecular formula is C8H12ClN3. The molecule has 0 unspecified atom stereocenters. The number of nitrogens with one attached hydrogen (secondary N) is 1. The fraction of sp³-hybridized carbons (Fsp3) is 0.375. The maximum Gasteiger partial charge on any atom is 0.128 e. The van der Waals surface area contributed by atoms with Gasteiger partial charge < -0.3 is 11.1 Å². The number of rotatable bonds is 1. The van der Waals surface area contributed by atoms with Crippen LogP contribution < -0.4 is 11.1 Å². The molecule has 1 fully saturated rings. The van der Waals surface area contributed by atoms with Crippen LogP contribution in [0.5, 0.6) is 0 Å². The minimum absolute atomic E-state index is 0. The van der Waals surface area contributed by atoms with Gasteiger partial charge in [-0.2, -0.15) is 0 Å². The van der Waals surface area contributed by atoms with Crippen molar-refractivity contribution in [3.8, 4) is 0 Å². The molecule has 12 heavy (non-hydrogen) atoms.